The first-order valence-corrected chi connectivity index (χ1v) is 10.3. The molecule has 8 nitrogen and oxygen atoms in total. The van der Waals surface area contributed by atoms with Crippen LogP contribution >= 0.6 is 0 Å². The quantitative estimate of drug-likeness (QED) is 0.313. The summed E-state index contributed by atoms with van der Waals surface area (Å²) in [5.74, 6) is -0.486. The highest BCUT2D eigenvalue weighted by molar-refractivity contribution is 6.05. The van der Waals surface area contributed by atoms with Crippen LogP contribution in [0.2, 0.25) is 0 Å². The van der Waals surface area contributed by atoms with Crippen LogP contribution in [0.5, 0.6) is 0 Å². The van der Waals surface area contributed by atoms with Crippen LogP contribution in [0, 0.1) is 10.1 Å². The van der Waals surface area contributed by atoms with Gasteiger partial charge in [0.15, 0.2) is 0 Å². The molecule has 0 radical (unpaired) electrons. The molecule has 0 fully saturated rings. The van der Waals surface area contributed by atoms with Crippen molar-refractivity contribution in [2.24, 2.45) is 0 Å². The standard InChI is InChI=1S/C25H25N3O5/c1-25(2,3)19-11-9-18(10-12-19)23(29)27-22(24(30)26-16-21-8-5-13-33-21)15-17-6-4-7-20(14-17)28(31)32/h4-15H,16H2,1-3H3,(H,26,30)(H,27,29)/b22-15+. The highest BCUT2D eigenvalue weighted by Crippen LogP contribution is 2.22. The number of non-ortho nitro benzene ring substituents is 1. The minimum Gasteiger partial charge on any atom is -0.467 e. The number of nitrogens with zero attached hydrogens (tertiary/aromatic N) is 1. The van der Waals surface area contributed by atoms with Gasteiger partial charge < -0.3 is 15.1 Å². The van der Waals surface area contributed by atoms with E-state index >= 15 is 0 Å². The van der Waals surface area contributed by atoms with E-state index in [1.165, 1.54) is 30.5 Å². The average Bonchev–Trinajstić information content (AvgIpc) is 3.30. The number of carbonyl (C=O) groups is 2. The van der Waals surface area contributed by atoms with E-state index in [1.807, 2.05) is 12.1 Å². The van der Waals surface area contributed by atoms with Gasteiger partial charge in [-0.15, -0.1) is 0 Å². The van der Waals surface area contributed by atoms with Gasteiger partial charge in [0.1, 0.15) is 11.5 Å². The zero-order valence-corrected chi connectivity index (χ0v) is 18.6. The van der Waals surface area contributed by atoms with Crippen molar-refractivity contribution in [2.75, 3.05) is 0 Å². The number of hydrogen-bond donors (Lipinski definition) is 2. The van der Waals surface area contributed by atoms with E-state index in [2.05, 4.69) is 31.4 Å². The van der Waals surface area contributed by atoms with Crippen LogP contribution in [0.1, 0.15) is 48.0 Å². The number of furan rings is 1. The second-order valence-corrected chi connectivity index (χ2v) is 8.45. The molecule has 2 N–H and O–H groups in total. The highest BCUT2D eigenvalue weighted by atomic mass is 16.6. The van der Waals surface area contributed by atoms with Crippen LogP contribution in [0.3, 0.4) is 0 Å². The molecule has 0 aliphatic carbocycles. The van der Waals surface area contributed by atoms with Gasteiger partial charge in [-0.05, 0) is 46.9 Å². The van der Waals surface area contributed by atoms with Crippen molar-refractivity contribution in [3.63, 3.8) is 0 Å². The number of rotatable bonds is 7. The first-order chi connectivity index (χ1) is 15.6. The van der Waals surface area contributed by atoms with E-state index in [0.717, 1.165) is 5.56 Å². The third-order valence-corrected chi connectivity index (χ3v) is 4.90. The second-order valence-electron chi connectivity index (χ2n) is 8.45. The molecule has 0 aliphatic heterocycles. The number of nitro benzene ring substituents is 1. The molecule has 0 aliphatic rings. The Labute approximate surface area is 191 Å². The topological polar surface area (TPSA) is 114 Å². The lowest BCUT2D eigenvalue weighted by Gasteiger charge is -2.19. The Morgan fingerprint density at radius 1 is 1.06 bits per heavy atom. The number of benzene rings is 2. The van der Waals surface area contributed by atoms with Gasteiger partial charge in [-0.3, -0.25) is 19.7 Å². The molecule has 2 amide bonds. The maximum Gasteiger partial charge on any atom is 0.270 e. The Hall–Kier alpha value is -4.20. The predicted molar refractivity (Wildman–Crippen MR) is 124 cm³/mol. The minimum absolute atomic E-state index is 0.0491. The van der Waals surface area contributed by atoms with E-state index in [9.17, 15) is 19.7 Å². The monoisotopic (exact) mass is 447 g/mol. The van der Waals surface area contributed by atoms with E-state index in [1.54, 1.807) is 30.3 Å². The van der Waals surface area contributed by atoms with Crippen molar-refractivity contribution in [1.29, 1.82) is 0 Å². The molecule has 0 bridgehead atoms. The first kappa shape index (κ1) is 23.5. The summed E-state index contributed by atoms with van der Waals surface area (Å²) in [6.45, 7) is 6.34. The van der Waals surface area contributed by atoms with Crippen LogP contribution in [-0.4, -0.2) is 16.7 Å². The number of hydrogen-bond acceptors (Lipinski definition) is 5. The third-order valence-electron chi connectivity index (χ3n) is 4.90. The molecule has 8 heteroatoms. The Balaban J connectivity index is 1.85. The average molecular weight is 447 g/mol. The molecule has 0 saturated heterocycles. The fourth-order valence-electron chi connectivity index (χ4n) is 3.05. The number of nitro groups is 1. The lowest BCUT2D eigenvalue weighted by Crippen LogP contribution is -2.34. The van der Waals surface area contributed by atoms with Gasteiger partial charge in [0.2, 0.25) is 0 Å². The summed E-state index contributed by atoms with van der Waals surface area (Å²) in [5, 5.41) is 16.4. The van der Waals surface area contributed by atoms with Crippen molar-refractivity contribution in [3.8, 4) is 0 Å². The summed E-state index contributed by atoms with van der Waals surface area (Å²) >= 11 is 0. The van der Waals surface area contributed by atoms with Crippen LogP contribution in [0.4, 0.5) is 5.69 Å². The normalized spacial score (nSPS) is 11.7. The van der Waals surface area contributed by atoms with E-state index in [-0.39, 0.29) is 23.3 Å². The third kappa shape index (κ3) is 6.39. The molecule has 0 atom stereocenters. The van der Waals surface area contributed by atoms with Gasteiger partial charge in [-0.25, -0.2) is 0 Å². The van der Waals surface area contributed by atoms with Gasteiger partial charge in [-0.1, -0.05) is 45.0 Å². The minimum atomic E-state index is -0.558. The van der Waals surface area contributed by atoms with Crippen molar-refractivity contribution >= 4 is 23.6 Å². The summed E-state index contributed by atoms with van der Waals surface area (Å²) in [6.07, 6.45) is 2.89. The Bertz CT molecular complexity index is 1170. The zero-order chi connectivity index (χ0) is 24.0. The molecule has 0 unspecified atom stereocenters. The summed E-state index contributed by atoms with van der Waals surface area (Å²) in [4.78, 5) is 36.3. The fourth-order valence-corrected chi connectivity index (χ4v) is 3.05. The van der Waals surface area contributed by atoms with Crippen LogP contribution in [0.15, 0.2) is 77.0 Å². The summed E-state index contributed by atoms with van der Waals surface area (Å²) in [6, 6.07) is 16.3. The van der Waals surface area contributed by atoms with Gasteiger partial charge in [0.05, 0.1) is 17.7 Å². The molecule has 3 aromatic rings. The first-order valence-electron chi connectivity index (χ1n) is 10.3. The summed E-state index contributed by atoms with van der Waals surface area (Å²) in [7, 11) is 0. The zero-order valence-electron chi connectivity index (χ0n) is 18.6. The van der Waals surface area contributed by atoms with Crippen molar-refractivity contribution in [2.45, 2.75) is 32.7 Å². The predicted octanol–water partition coefficient (Wildman–Crippen LogP) is 4.57. The van der Waals surface area contributed by atoms with E-state index in [4.69, 9.17) is 4.42 Å². The lowest BCUT2D eigenvalue weighted by molar-refractivity contribution is -0.384. The second kappa shape index (κ2) is 9.95. The van der Waals surface area contributed by atoms with Gasteiger partial charge in [-0.2, -0.15) is 0 Å². The number of nitrogens with one attached hydrogen (secondary N) is 2. The van der Waals surface area contributed by atoms with Crippen LogP contribution in [0.25, 0.3) is 6.08 Å². The van der Waals surface area contributed by atoms with Crippen molar-refractivity contribution in [1.82, 2.24) is 10.6 Å². The van der Waals surface area contributed by atoms with Crippen LogP contribution < -0.4 is 10.6 Å². The fraction of sp³-hybridized carbons (Fsp3) is 0.200. The van der Waals surface area contributed by atoms with Gasteiger partial charge in [0, 0.05) is 17.7 Å². The smallest absolute Gasteiger partial charge is 0.270 e. The molecule has 0 spiro atoms. The largest absolute Gasteiger partial charge is 0.467 e. The van der Waals surface area contributed by atoms with E-state index in [0.29, 0.717) is 16.9 Å². The highest BCUT2D eigenvalue weighted by Gasteiger charge is 2.18. The SMILES string of the molecule is CC(C)(C)c1ccc(C(=O)N/C(=C/c2cccc([N+](=O)[O-])c2)C(=O)NCc2ccco2)cc1. The molecule has 1 heterocycles. The molecule has 33 heavy (non-hydrogen) atoms. The maximum atomic E-state index is 12.9. The van der Waals surface area contributed by atoms with Gasteiger partial charge in [0.25, 0.3) is 17.5 Å². The molecule has 3 rings (SSSR count). The van der Waals surface area contributed by atoms with Crippen LogP contribution in [-0.2, 0) is 16.8 Å². The Morgan fingerprint density at radius 2 is 1.79 bits per heavy atom. The van der Waals surface area contributed by atoms with Crippen molar-refractivity contribution in [3.05, 3.63) is 105 Å². The summed E-state index contributed by atoms with van der Waals surface area (Å²) in [5.41, 5.74) is 1.62. The molecule has 0 saturated carbocycles. The molecular weight excluding hydrogens is 422 g/mol. The van der Waals surface area contributed by atoms with E-state index < -0.39 is 16.7 Å². The van der Waals surface area contributed by atoms with Gasteiger partial charge >= 0.3 is 0 Å². The Morgan fingerprint density at radius 3 is 2.39 bits per heavy atom. The maximum absolute atomic E-state index is 12.9. The molecule has 1 aromatic heterocycles. The molecule has 2 aromatic carbocycles. The molecule has 170 valence electrons. The summed E-state index contributed by atoms with van der Waals surface area (Å²) < 4.78 is 5.22. The number of amides is 2. The Kier molecular flexibility index (Phi) is 7.07. The lowest BCUT2D eigenvalue weighted by atomic mass is 9.87. The molecular formula is C25H25N3O5. The van der Waals surface area contributed by atoms with Crippen molar-refractivity contribution < 1.29 is 18.9 Å². The number of carbonyl (C=O) groups excluding carboxylic acids is 2.